The third-order valence-electron chi connectivity index (χ3n) is 5.86. The quantitative estimate of drug-likeness (QED) is 0.145. The van der Waals surface area contributed by atoms with Crippen molar-refractivity contribution in [3.8, 4) is 17.2 Å². The number of para-hydroxylation sites is 2. The number of hydrogen-bond acceptors (Lipinski definition) is 7. The van der Waals surface area contributed by atoms with Crippen LogP contribution in [0.1, 0.15) is 11.1 Å². The molecule has 0 saturated carbocycles. The number of hydrogen-bond donors (Lipinski definition) is 1. The van der Waals surface area contributed by atoms with Crippen molar-refractivity contribution in [1.29, 1.82) is 5.41 Å². The number of hydrazone groups is 1. The van der Waals surface area contributed by atoms with Crippen LogP contribution in [-0.2, 0) is 11.2 Å². The summed E-state index contributed by atoms with van der Waals surface area (Å²) < 4.78 is 17.4. The van der Waals surface area contributed by atoms with E-state index in [4.69, 9.17) is 42.8 Å². The second kappa shape index (κ2) is 13.1. The lowest BCUT2D eigenvalue weighted by atomic mass is 10.1. The topological polar surface area (TPSA) is 96.6 Å². The third kappa shape index (κ3) is 6.82. The number of halogens is 2. The van der Waals surface area contributed by atoms with Crippen LogP contribution in [-0.4, -0.2) is 46.8 Å². The van der Waals surface area contributed by atoms with Crippen LogP contribution < -0.4 is 14.2 Å². The minimum atomic E-state index is -0.560. The van der Waals surface area contributed by atoms with Crippen LogP contribution in [0.4, 0.5) is 0 Å². The zero-order valence-electron chi connectivity index (χ0n) is 21.7. The molecular weight excluding hydrogens is 583 g/mol. The van der Waals surface area contributed by atoms with E-state index in [0.29, 0.717) is 33.7 Å². The minimum Gasteiger partial charge on any atom is -0.490 e. The molecule has 3 aromatic rings. The minimum absolute atomic E-state index is 0.0516. The molecule has 41 heavy (non-hydrogen) atoms. The Hall–Kier alpha value is -4.05. The number of nitrogens with zero attached hydrogens (tertiary/aromatic N) is 3. The first-order valence-electron chi connectivity index (χ1n) is 12.5. The Kier molecular flexibility index (Phi) is 9.08. The van der Waals surface area contributed by atoms with E-state index in [2.05, 4.69) is 16.7 Å². The summed E-state index contributed by atoms with van der Waals surface area (Å²) in [7, 11) is 0. The Morgan fingerprint density at radius 2 is 1.68 bits per heavy atom. The number of aliphatic imine (C=N–C) groups is 1. The van der Waals surface area contributed by atoms with E-state index in [-0.39, 0.29) is 41.3 Å². The van der Waals surface area contributed by atoms with E-state index in [1.54, 1.807) is 12.1 Å². The molecule has 8 nitrogen and oxygen atoms in total. The Labute approximate surface area is 251 Å². The van der Waals surface area contributed by atoms with Gasteiger partial charge in [-0.3, -0.25) is 10.2 Å². The van der Waals surface area contributed by atoms with Crippen LogP contribution in [0.15, 0.2) is 95.1 Å². The van der Waals surface area contributed by atoms with Crippen molar-refractivity contribution < 1.29 is 19.0 Å². The van der Waals surface area contributed by atoms with Crippen LogP contribution in [0.3, 0.4) is 0 Å². The number of amides is 1. The summed E-state index contributed by atoms with van der Waals surface area (Å²) in [5.41, 5.74) is 1.60. The van der Waals surface area contributed by atoms with Gasteiger partial charge in [-0.25, -0.2) is 0 Å². The monoisotopic (exact) mass is 606 g/mol. The predicted octanol–water partition coefficient (Wildman–Crippen LogP) is 6.88. The molecular formula is C30H24Cl2N4O4S. The van der Waals surface area contributed by atoms with Gasteiger partial charge in [-0.05, 0) is 65.7 Å². The maximum Gasteiger partial charge on any atom is 0.283 e. The molecule has 0 aromatic heterocycles. The number of ether oxygens (including phenoxy) is 3. The Balaban J connectivity index is 1.23. The van der Waals surface area contributed by atoms with E-state index < -0.39 is 5.91 Å². The average molecular weight is 608 g/mol. The molecule has 208 valence electrons. The summed E-state index contributed by atoms with van der Waals surface area (Å²) in [4.78, 5) is 16.9. The van der Waals surface area contributed by atoms with Gasteiger partial charge in [0.15, 0.2) is 11.6 Å². The molecule has 1 amide bonds. The van der Waals surface area contributed by atoms with Gasteiger partial charge in [-0.1, -0.05) is 65.7 Å². The van der Waals surface area contributed by atoms with Crippen molar-refractivity contribution in [2.24, 2.45) is 10.1 Å². The summed E-state index contributed by atoms with van der Waals surface area (Å²) in [6, 6.07) is 20.3. The number of carbonyl (C=O) groups excluding carboxylic acids is 1. The summed E-state index contributed by atoms with van der Waals surface area (Å²) in [6.45, 7) is 4.45. The molecule has 1 N–H and O–H groups in total. The van der Waals surface area contributed by atoms with Gasteiger partial charge >= 0.3 is 0 Å². The molecule has 0 atom stereocenters. The number of nitrogens with one attached hydrogen (secondary N) is 1. The lowest BCUT2D eigenvalue weighted by molar-refractivity contribution is -0.114. The largest absolute Gasteiger partial charge is 0.490 e. The van der Waals surface area contributed by atoms with Gasteiger partial charge in [-0.15, -0.1) is 6.58 Å². The standard InChI is InChI=1S/C30H24Cl2N4O4S/c1-2-8-20-9-6-7-12-25(20)38-13-14-39-27-23(31)16-19(17-24(27)32)15-22-28(33)36-30(34-29(22)37)41-26(35-36)18-40-21-10-4-3-5-11-21/h2-7,9-12,15-17,33H,1,8,13-14,18H2/b22-15-,33-28?. The molecule has 0 bridgehead atoms. The van der Waals surface area contributed by atoms with Crippen LogP contribution in [0.25, 0.3) is 6.08 Å². The van der Waals surface area contributed by atoms with Gasteiger partial charge < -0.3 is 14.2 Å². The first-order chi connectivity index (χ1) is 19.9. The van der Waals surface area contributed by atoms with Gasteiger partial charge in [0.25, 0.3) is 5.91 Å². The summed E-state index contributed by atoms with van der Waals surface area (Å²) in [6.07, 6.45) is 4.02. The number of carbonyl (C=O) groups is 1. The van der Waals surface area contributed by atoms with E-state index in [1.807, 2.05) is 60.7 Å². The van der Waals surface area contributed by atoms with E-state index in [1.165, 1.54) is 22.8 Å². The fourth-order valence-electron chi connectivity index (χ4n) is 3.98. The predicted molar refractivity (Wildman–Crippen MR) is 165 cm³/mol. The SMILES string of the molecule is C=CCc1ccccc1OCCOc1c(Cl)cc(/C=C2/C(=N)N3N=C(COc4ccccc4)SC3=NC2=O)cc1Cl. The van der Waals surface area contributed by atoms with Gasteiger partial charge in [-0.2, -0.15) is 15.1 Å². The van der Waals surface area contributed by atoms with E-state index in [9.17, 15) is 4.79 Å². The van der Waals surface area contributed by atoms with Gasteiger partial charge in [0.1, 0.15) is 36.4 Å². The molecule has 2 aliphatic rings. The van der Waals surface area contributed by atoms with Crippen molar-refractivity contribution in [2.45, 2.75) is 6.42 Å². The Bertz CT molecular complexity index is 1570. The Morgan fingerprint density at radius 3 is 2.44 bits per heavy atom. The van der Waals surface area contributed by atoms with Crippen molar-refractivity contribution in [3.63, 3.8) is 0 Å². The summed E-state index contributed by atoms with van der Waals surface area (Å²) in [5.74, 6) is 1.08. The Morgan fingerprint density at radius 1 is 0.976 bits per heavy atom. The normalized spacial score (nSPS) is 15.4. The van der Waals surface area contributed by atoms with Crippen LogP contribution >= 0.6 is 35.0 Å². The van der Waals surface area contributed by atoms with Crippen molar-refractivity contribution in [2.75, 3.05) is 19.8 Å². The van der Waals surface area contributed by atoms with Gasteiger partial charge in [0.05, 0.1) is 15.6 Å². The number of fused-ring (bicyclic) bond motifs is 1. The molecule has 0 radical (unpaired) electrons. The second-order valence-electron chi connectivity index (χ2n) is 8.73. The highest BCUT2D eigenvalue weighted by molar-refractivity contribution is 8.27. The third-order valence-corrected chi connectivity index (χ3v) is 7.30. The molecule has 0 saturated heterocycles. The number of rotatable bonds is 11. The number of allylic oxidation sites excluding steroid dienone is 1. The number of amidine groups is 2. The van der Waals surface area contributed by atoms with Crippen molar-refractivity contribution >= 4 is 63.0 Å². The highest BCUT2D eigenvalue weighted by Gasteiger charge is 2.35. The molecule has 0 unspecified atom stereocenters. The zero-order chi connectivity index (χ0) is 28.8. The van der Waals surface area contributed by atoms with E-state index >= 15 is 0 Å². The highest BCUT2D eigenvalue weighted by Crippen LogP contribution is 2.36. The molecule has 0 spiro atoms. The molecule has 0 aliphatic carbocycles. The van der Waals surface area contributed by atoms with Crippen LogP contribution in [0.5, 0.6) is 17.2 Å². The fourth-order valence-corrected chi connectivity index (χ4v) is 5.39. The molecule has 2 aliphatic heterocycles. The highest BCUT2D eigenvalue weighted by atomic mass is 35.5. The second-order valence-corrected chi connectivity index (χ2v) is 10.6. The zero-order valence-corrected chi connectivity index (χ0v) is 24.0. The first kappa shape index (κ1) is 28.5. The van der Waals surface area contributed by atoms with Crippen LogP contribution in [0.2, 0.25) is 10.0 Å². The number of benzene rings is 3. The fraction of sp³-hybridized carbons (Fsp3) is 0.133. The molecule has 2 heterocycles. The smallest absolute Gasteiger partial charge is 0.283 e. The van der Waals surface area contributed by atoms with Crippen molar-refractivity contribution in [3.05, 3.63) is 106 Å². The molecule has 0 fully saturated rings. The summed E-state index contributed by atoms with van der Waals surface area (Å²) in [5, 5.41) is 15.7. The van der Waals surface area contributed by atoms with E-state index in [0.717, 1.165) is 11.3 Å². The first-order valence-corrected chi connectivity index (χ1v) is 14.1. The lowest BCUT2D eigenvalue weighted by Crippen LogP contribution is -2.35. The lowest BCUT2D eigenvalue weighted by Gasteiger charge is -2.20. The van der Waals surface area contributed by atoms with Crippen LogP contribution in [0, 0.1) is 5.41 Å². The average Bonchev–Trinajstić information content (AvgIpc) is 3.38. The van der Waals surface area contributed by atoms with Gasteiger partial charge in [0, 0.05) is 0 Å². The molecule has 5 rings (SSSR count). The van der Waals surface area contributed by atoms with Crippen molar-refractivity contribution in [1.82, 2.24) is 5.01 Å². The maximum atomic E-state index is 12.8. The maximum absolute atomic E-state index is 12.8. The summed E-state index contributed by atoms with van der Waals surface area (Å²) >= 11 is 14.1. The molecule has 3 aromatic carbocycles. The number of thioether (sulfide) groups is 1. The van der Waals surface area contributed by atoms with Gasteiger partial charge in [0.2, 0.25) is 5.17 Å². The molecule has 11 heteroatoms.